The number of carbonyl (C=O) groups is 1. The normalized spacial score (nSPS) is 8.93. The number of pyridine rings is 1. The van der Waals surface area contributed by atoms with E-state index in [9.17, 15) is 14.9 Å². The van der Waals surface area contributed by atoms with E-state index in [4.69, 9.17) is 11.6 Å². The van der Waals surface area contributed by atoms with E-state index in [1.54, 1.807) is 0 Å². The molecular formula is C9H5ClN2O3. The lowest BCUT2D eigenvalue weighted by Crippen LogP contribution is -1.97. The van der Waals surface area contributed by atoms with Gasteiger partial charge in [0.05, 0.1) is 10.5 Å². The number of rotatable bonds is 1. The van der Waals surface area contributed by atoms with Crippen LogP contribution in [0.1, 0.15) is 11.1 Å². The molecule has 0 aliphatic carbocycles. The molecule has 0 aromatic carbocycles. The molecule has 15 heavy (non-hydrogen) atoms. The molecule has 0 fully saturated rings. The average molecular weight is 225 g/mol. The molecule has 6 heteroatoms. The molecule has 1 heterocycles. The molecule has 1 aromatic rings. The molecular weight excluding hydrogens is 220 g/mol. The molecule has 0 spiro atoms. The van der Waals surface area contributed by atoms with Crippen molar-refractivity contribution in [2.24, 2.45) is 0 Å². The van der Waals surface area contributed by atoms with Crippen LogP contribution in [0.4, 0.5) is 5.69 Å². The Hall–Kier alpha value is -1.93. The summed E-state index contributed by atoms with van der Waals surface area (Å²) in [5, 5.41) is 10.4. The van der Waals surface area contributed by atoms with Crippen molar-refractivity contribution >= 4 is 23.6 Å². The van der Waals surface area contributed by atoms with Crippen molar-refractivity contribution in [3.05, 3.63) is 32.6 Å². The Morgan fingerprint density at radius 3 is 2.87 bits per heavy atom. The predicted octanol–water partition coefficient (Wildman–Crippen LogP) is 1.50. The monoisotopic (exact) mass is 224 g/mol. The summed E-state index contributed by atoms with van der Waals surface area (Å²) in [6, 6.07) is 0. The minimum atomic E-state index is -0.628. The van der Waals surface area contributed by atoms with E-state index in [2.05, 4.69) is 16.8 Å². The molecule has 0 unspecified atom stereocenters. The molecule has 0 radical (unpaired) electrons. The first-order chi connectivity index (χ1) is 7.07. The highest BCUT2D eigenvalue weighted by Gasteiger charge is 2.19. The number of carbonyl (C=O) groups excluding carboxylic acids is 1. The Kier molecular flexibility index (Phi) is 3.37. The van der Waals surface area contributed by atoms with E-state index in [0.717, 1.165) is 0 Å². The van der Waals surface area contributed by atoms with Crippen LogP contribution in [0.15, 0.2) is 6.20 Å². The SMILES string of the molecule is Cc1c(C#CC=O)cnc(Cl)c1[N+](=O)[O-]. The van der Waals surface area contributed by atoms with Crippen LogP contribution in [0.5, 0.6) is 0 Å². The van der Waals surface area contributed by atoms with Gasteiger partial charge in [-0.2, -0.15) is 0 Å². The summed E-state index contributed by atoms with van der Waals surface area (Å²) in [4.78, 5) is 23.6. The van der Waals surface area contributed by atoms with Crippen LogP contribution < -0.4 is 0 Å². The van der Waals surface area contributed by atoms with Crippen LogP contribution in [-0.4, -0.2) is 16.2 Å². The maximum Gasteiger partial charge on any atom is 0.310 e. The van der Waals surface area contributed by atoms with E-state index < -0.39 is 4.92 Å². The summed E-state index contributed by atoms with van der Waals surface area (Å²) < 4.78 is 0. The zero-order valence-corrected chi connectivity index (χ0v) is 8.41. The van der Waals surface area contributed by atoms with Crippen molar-refractivity contribution in [3.63, 3.8) is 0 Å². The van der Waals surface area contributed by atoms with Gasteiger partial charge in [-0.25, -0.2) is 4.98 Å². The molecule has 5 nitrogen and oxygen atoms in total. The predicted molar refractivity (Wildman–Crippen MR) is 53.6 cm³/mol. The van der Waals surface area contributed by atoms with Crippen molar-refractivity contribution in [1.82, 2.24) is 4.98 Å². The molecule has 1 rings (SSSR count). The van der Waals surface area contributed by atoms with E-state index in [-0.39, 0.29) is 10.8 Å². The van der Waals surface area contributed by atoms with Gasteiger partial charge in [0, 0.05) is 11.8 Å². The van der Waals surface area contributed by atoms with Gasteiger partial charge in [-0.15, -0.1) is 0 Å². The maximum atomic E-state index is 10.6. The van der Waals surface area contributed by atoms with E-state index in [1.807, 2.05) is 0 Å². The Balaban J connectivity index is 3.41. The quantitative estimate of drug-likeness (QED) is 0.238. The van der Waals surface area contributed by atoms with Crippen LogP contribution in [-0.2, 0) is 4.79 Å². The summed E-state index contributed by atoms with van der Waals surface area (Å²) >= 11 is 5.56. The molecule has 0 amide bonds. The largest absolute Gasteiger partial charge is 0.310 e. The highest BCUT2D eigenvalue weighted by atomic mass is 35.5. The summed E-state index contributed by atoms with van der Waals surface area (Å²) in [5.74, 6) is 4.60. The summed E-state index contributed by atoms with van der Waals surface area (Å²) in [5.41, 5.74) is 0.335. The van der Waals surface area contributed by atoms with Crippen molar-refractivity contribution in [1.29, 1.82) is 0 Å². The first-order valence-corrected chi connectivity index (χ1v) is 4.20. The van der Waals surface area contributed by atoms with Crippen molar-refractivity contribution < 1.29 is 9.72 Å². The third kappa shape index (κ3) is 2.30. The second-order valence-electron chi connectivity index (χ2n) is 2.58. The number of aldehydes is 1. The minimum absolute atomic E-state index is 0.186. The number of halogens is 1. The lowest BCUT2D eigenvalue weighted by atomic mass is 10.1. The van der Waals surface area contributed by atoms with Gasteiger partial charge in [-0.3, -0.25) is 14.9 Å². The molecule has 0 saturated carbocycles. The Bertz CT molecular complexity index is 488. The molecule has 0 bridgehead atoms. The molecule has 1 aromatic heterocycles. The molecule has 0 aliphatic heterocycles. The fraction of sp³-hybridized carbons (Fsp3) is 0.111. The Morgan fingerprint density at radius 2 is 2.33 bits per heavy atom. The number of hydrogen-bond acceptors (Lipinski definition) is 4. The second kappa shape index (κ2) is 4.53. The molecule has 0 saturated heterocycles. The van der Waals surface area contributed by atoms with Crippen molar-refractivity contribution in [3.8, 4) is 11.8 Å². The first kappa shape index (κ1) is 11.1. The van der Waals surface area contributed by atoms with Crippen LogP contribution in [0.2, 0.25) is 5.15 Å². The first-order valence-electron chi connectivity index (χ1n) is 3.82. The van der Waals surface area contributed by atoms with Gasteiger partial charge < -0.3 is 0 Å². The smallest absolute Gasteiger partial charge is 0.289 e. The standard InChI is InChI=1S/C9H5ClN2O3/c1-6-7(3-2-4-13)5-11-9(10)8(6)12(14)15/h4-5H,1H3. The average Bonchev–Trinajstić information content (AvgIpc) is 2.16. The van der Waals surface area contributed by atoms with Gasteiger partial charge in [0.25, 0.3) is 0 Å². The van der Waals surface area contributed by atoms with Crippen LogP contribution in [0.25, 0.3) is 0 Å². The second-order valence-corrected chi connectivity index (χ2v) is 2.94. The minimum Gasteiger partial charge on any atom is -0.289 e. The van der Waals surface area contributed by atoms with Crippen molar-refractivity contribution in [2.75, 3.05) is 0 Å². The van der Waals surface area contributed by atoms with Crippen LogP contribution in [0.3, 0.4) is 0 Å². The zero-order valence-electron chi connectivity index (χ0n) is 7.65. The van der Waals surface area contributed by atoms with Crippen molar-refractivity contribution in [2.45, 2.75) is 6.92 Å². The summed E-state index contributed by atoms with van der Waals surface area (Å²) in [6.07, 6.45) is 1.70. The fourth-order valence-electron chi connectivity index (χ4n) is 1.01. The van der Waals surface area contributed by atoms with E-state index in [0.29, 0.717) is 17.4 Å². The molecule has 0 N–H and O–H groups in total. The number of aromatic nitrogens is 1. The van der Waals surface area contributed by atoms with Gasteiger partial charge in [0.1, 0.15) is 0 Å². The van der Waals surface area contributed by atoms with Gasteiger partial charge in [-0.05, 0) is 12.8 Å². The van der Waals surface area contributed by atoms with Gasteiger partial charge in [-0.1, -0.05) is 17.5 Å². The summed E-state index contributed by atoms with van der Waals surface area (Å²) in [6.45, 7) is 1.50. The lowest BCUT2D eigenvalue weighted by Gasteiger charge is -2.00. The third-order valence-electron chi connectivity index (χ3n) is 1.71. The van der Waals surface area contributed by atoms with Gasteiger partial charge >= 0.3 is 5.69 Å². The highest BCUT2D eigenvalue weighted by Crippen LogP contribution is 2.27. The molecule has 0 aliphatic rings. The Morgan fingerprint density at radius 1 is 1.67 bits per heavy atom. The van der Waals surface area contributed by atoms with Gasteiger partial charge in [0.2, 0.25) is 5.15 Å². The topological polar surface area (TPSA) is 73.1 Å². The molecule has 0 atom stereocenters. The highest BCUT2D eigenvalue weighted by molar-refractivity contribution is 6.31. The third-order valence-corrected chi connectivity index (χ3v) is 1.99. The maximum absolute atomic E-state index is 10.6. The fourth-order valence-corrected chi connectivity index (χ4v) is 1.27. The lowest BCUT2D eigenvalue weighted by molar-refractivity contribution is -0.385. The van der Waals surface area contributed by atoms with E-state index >= 15 is 0 Å². The molecule has 76 valence electrons. The zero-order chi connectivity index (χ0) is 11.4. The number of nitrogens with zero attached hydrogens (tertiary/aromatic N) is 2. The Labute approximate surface area is 90.2 Å². The number of nitro groups is 1. The van der Waals surface area contributed by atoms with Crippen LogP contribution in [0, 0.1) is 28.9 Å². The van der Waals surface area contributed by atoms with E-state index in [1.165, 1.54) is 13.1 Å². The van der Waals surface area contributed by atoms with Crippen LogP contribution >= 0.6 is 11.6 Å². The summed E-state index contributed by atoms with van der Waals surface area (Å²) in [7, 11) is 0. The number of hydrogen-bond donors (Lipinski definition) is 0. The van der Waals surface area contributed by atoms with Gasteiger partial charge in [0.15, 0.2) is 6.29 Å².